The van der Waals surface area contributed by atoms with Gasteiger partial charge in [-0.3, -0.25) is 0 Å². The first-order valence-corrected chi connectivity index (χ1v) is 0. The maximum atomic E-state index is 0. The summed E-state index contributed by atoms with van der Waals surface area (Å²) in [6.45, 7) is 0. The molecule has 0 fully saturated rings. The van der Waals surface area contributed by atoms with Crippen LogP contribution in [0.15, 0.2) is 0 Å². The van der Waals surface area contributed by atoms with Crippen LogP contribution in [-0.2, 0) is 32.7 Å². The summed E-state index contributed by atoms with van der Waals surface area (Å²) in [5, 5.41) is 0. The molecule has 0 aliphatic heterocycles. The predicted molar refractivity (Wildman–Crippen MR) is 0 cm³/mol. The van der Waals surface area contributed by atoms with E-state index in [1.54, 1.807) is 0 Å². The smallest absolute Gasteiger partial charge is 1.00 e. The van der Waals surface area contributed by atoms with Gasteiger partial charge in [-0.15, -0.1) is 0 Å². The van der Waals surface area contributed by atoms with Crippen molar-refractivity contribution in [3.05, 3.63) is 0 Å². The standard InChI is InChI=1S/9FH.La.Nd.Y/h9*1H;;;/q;;;;;;;;;3*+3/p-9. The summed E-state index contributed by atoms with van der Waals surface area (Å²) in [5.74, 6) is 0. The predicted octanol–water partition coefficient (Wildman–Crippen LogP) is -27.0. The molecule has 0 aliphatic carbocycles. The maximum Gasteiger partial charge on any atom is 3.00 e. The normalized spacial score (nSPS) is 0. The second kappa shape index (κ2) is 261. The van der Waals surface area contributed by atoms with Crippen LogP contribution in [-0.4, -0.2) is 0 Å². The van der Waals surface area contributed by atoms with Crippen molar-refractivity contribution < 1.29 is 151 Å². The van der Waals surface area contributed by atoms with Crippen LogP contribution in [0.3, 0.4) is 0 Å². The number of hydrogen-bond acceptors (Lipinski definition) is 0. The third kappa shape index (κ3) is 206. The van der Waals surface area contributed by atoms with Crippen LogP contribution in [0.4, 0.5) is 0 Å². The molecule has 0 saturated heterocycles. The van der Waals surface area contributed by atoms with Crippen molar-refractivity contribution in [2.75, 3.05) is 0 Å². The van der Waals surface area contributed by atoms with Gasteiger partial charge in [0.25, 0.3) is 0 Å². The molecule has 12 heavy (non-hydrogen) atoms. The second-order valence-electron chi connectivity index (χ2n) is 0. The van der Waals surface area contributed by atoms with Gasteiger partial charge >= 0.3 is 109 Å². The molecule has 73 valence electrons. The van der Waals surface area contributed by atoms with Gasteiger partial charge < -0.3 is 42.3 Å². The molecule has 0 unspecified atom stereocenters. The van der Waals surface area contributed by atoms with Crippen molar-refractivity contribution in [3.63, 3.8) is 0 Å². The molecule has 0 heterocycles. The first kappa shape index (κ1) is 324. The molecular formula is F9LaNdY. The van der Waals surface area contributed by atoms with Gasteiger partial charge in [0.15, 0.2) is 0 Å². The van der Waals surface area contributed by atoms with E-state index in [0.717, 1.165) is 0 Å². The van der Waals surface area contributed by atoms with Crippen molar-refractivity contribution in [2.24, 2.45) is 0 Å². The third-order valence-electron chi connectivity index (χ3n) is 0. The minimum Gasteiger partial charge on any atom is -1.00 e. The van der Waals surface area contributed by atoms with Gasteiger partial charge in [-0.25, -0.2) is 0 Å². The summed E-state index contributed by atoms with van der Waals surface area (Å²) in [6, 6.07) is 0. The Hall–Kier alpha value is 3.02. The van der Waals surface area contributed by atoms with Gasteiger partial charge in [-0.2, -0.15) is 0 Å². The average molecular weight is 543 g/mol. The molecule has 0 saturated carbocycles. The van der Waals surface area contributed by atoms with E-state index in [0.29, 0.717) is 0 Å². The fourth-order valence-electron chi connectivity index (χ4n) is 0. The molecule has 12 heteroatoms. The number of hydrogen-bond donors (Lipinski definition) is 0. The third-order valence-corrected chi connectivity index (χ3v) is 0. The van der Waals surface area contributed by atoms with Gasteiger partial charge in [0.05, 0.1) is 0 Å². The molecule has 1 radical (unpaired) electrons. The quantitative estimate of drug-likeness (QED) is 0.267. The van der Waals surface area contributed by atoms with E-state index in [2.05, 4.69) is 0 Å². The summed E-state index contributed by atoms with van der Waals surface area (Å²) >= 11 is 0. The van der Waals surface area contributed by atoms with E-state index >= 15 is 0 Å². The van der Waals surface area contributed by atoms with E-state index in [4.69, 9.17) is 0 Å². The molecule has 0 amide bonds. The average Bonchev–Trinajstić information content (AvgIpc) is 0. The maximum absolute atomic E-state index is 0. The topological polar surface area (TPSA) is 0 Å². The monoisotopic (exact) mass is 541 g/mol. The van der Waals surface area contributed by atoms with Crippen LogP contribution in [0.5, 0.6) is 0 Å². The molecule has 0 bridgehead atoms. The molecule has 0 aromatic carbocycles. The molecular weight excluding hydrogens is 543 g/mol. The summed E-state index contributed by atoms with van der Waals surface area (Å²) in [4.78, 5) is 0. The second-order valence-corrected chi connectivity index (χ2v) is 0. The molecule has 0 spiro atoms. The van der Waals surface area contributed by atoms with Crippen LogP contribution >= 0.6 is 0 Å². The van der Waals surface area contributed by atoms with E-state index < -0.39 is 0 Å². The van der Waals surface area contributed by atoms with Gasteiger partial charge in [-0.05, 0) is 0 Å². The Morgan fingerprint density at radius 3 is 0.333 bits per heavy atom. The van der Waals surface area contributed by atoms with Gasteiger partial charge in [0, 0.05) is 0 Å². The zero-order valence-electron chi connectivity index (χ0n) is 5.06. The van der Waals surface area contributed by atoms with Gasteiger partial charge in [0.2, 0.25) is 0 Å². The van der Waals surface area contributed by atoms with Crippen molar-refractivity contribution in [1.82, 2.24) is 0 Å². The zero-order chi connectivity index (χ0) is 0. The molecule has 0 aromatic heterocycles. The Morgan fingerprint density at radius 1 is 0.333 bits per heavy atom. The number of rotatable bonds is 0. The first-order valence-electron chi connectivity index (χ1n) is 0. The summed E-state index contributed by atoms with van der Waals surface area (Å²) in [7, 11) is 0. The SMILES string of the molecule is [F-].[F-].[F-].[F-].[F-].[F-].[F-].[F-].[F-].[La+3].[Nd+3].[Y+3]. The van der Waals surface area contributed by atoms with Crippen LogP contribution in [0, 0.1) is 76.4 Å². The summed E-state index contributed by atoms with van der Waals surface area (Å²) < 4.78 is 0. The fraction of sp³-hybridized carbons (Fsp3) is 0. The Morgan fingerprint density at radius 2 is 0.333 bits per heavy atom. The molecule has 0 rings (SSSR count). The Kier molecular flexibility index (Phi) is 7030. The largest absolute Gasteiger partial charge is 3.00 e. The number of halogens is 9. The minimum absolute atomic E-state index is 0. The van der Waals surface area contributed by atoms with Crippen molar-refractivity contribution >= 4 is 0 Å². The fourth-order valence-corrected chi connectivity index (χ4v) is 0. The van der Waals surface area contributed by atoms with Crippen LogP contribution in [0.1, 0.15) is 0 Å². The Balaban J connectivity index is 0. The van der Waals surface area contributed by atoms with E-state index in [1.165, 1.54) is 0 Å². The van der Waals surface area contributed by atoms with Crippen molar-refractivity contribution in [2.45, 2.75) is 0 Å². The molecule has 0 nitrogen and oxygen atoms in total. The first-order chi connectivity index (χ1) is 0. The van der Waals surface area contributed by atoms with Crippen LogP contribution < -0.4 is 42.3 Å². The Bertz CT molecular complexity index is 14.5. The van der Waals surface area contributed by atoms with Gasteiger partial charge in [-0.1, -0.05) is 0 Å². The minimum atomic E-state index is 0. The van der Waals surface area contributed by atoms with Crippen LogP contribution in [0.25, 0.3) is 0 Å². The summed E-state index contributed by atoms with van der Waals surface area (Å²) in [6.07, 6.45) is 0. The molecule has 0 aliphatic rings. The summed E-state index contributed by atoms with van der Waals surface area (Å²) in [5.41, 5.74) is 0. The van der Waals surface area contributed by atoms with Crippen molar-refractivity contribution in [1.29, 1.82) is 0 Å². The molecule has 0 aromatic rings. The Labute approximate surface area is 148 Å². The molecule has 0 N–H and O–H groups in total. The van der Waals surface area contributed by atoms with Gasteiger partial charge in [0.1, 0.15) is 0 Å². The van der Waals surface area contributed by atoms with E-state index in [9.17, 15) is 0 Å². The zero-order valence-corrected chi connectivity index (χ0v) is 14.7. The molecule has 0 atom stereocenters. The van der Waals surface area contributed by atoms with Crippen LogP contribution in [0.2, 0.25) is 0 Å². The van der Waals surface area contributed by atoms with E-state index in [1.807, 2.05) is 0 Å². The van der Waals surface area contributed by atoms with E-state index in [-0.39, 0.29) is 151 Å². The van der Waals surface area contributed by atoms with Crippen molar-refractivity contribution in [3.8, 4) is 0 Å².